The second-order valence-corrected chi connectivity index (χ2v) is 5.43. The average molecular weight is 344 g/mol. The summed E-state index contributed by atoms with van der Waals surface area (Å²) in [6, 6.07) is 6.20. The summed E-state index contributed by atoms with van der Waals surface area (Å²) < 4.78 is 6.15. The molecule has 0 bridgehead atoms. The SMILES string of the molecule is CC[C@H](C)[C@H](NC(=O)COc1cccc(Br)c1)C(=O)O. The van der Waals surface area contributed by atoms with Crippen molar-refractivity contribution < 1.29 is 19.4 Å². The van der Waals surface area contributed by atoms with Gasteiger partial charge < -0.3 is 15.2 Å². The molecule has 0 saturated heterocycles. The van der Waals surface area contributed by atoms with Gasteiger partial charge in [0, 0.05) is 4.47 Å². The highest BCUT2D eigenvalue weighted by atomic mass is 79.9. The number of rotatable bonds is 7. The van der Waals surface area contributed by atoms with Crippen LogP contribution in [0.2, 0.25) is 0 Å². The van der Waals surface area contributed by atoms with E-state index in [2.05, 4.69) is 21.2 Å². The van der Waals surface area contributed by atoms with Gasteiger partial charge in [0.1, 0.15) is 11.8 Å². The van der Waals surface area contributed by atoms with Crippen LogP contribution in [-0.2, 0) is 9.59 Å². The van der Waals surface area contributed by atoms with Crippen LogP contribution in [0.4, 0.5) is 0 Å². The van der Waals surface area contributed by atoms with Crippen molar-refractivity contribution in [3.8, 4) is 5.75 Å². The minimum atomic E-state index is -1.03. The van der Waals surface area contributed by atoms with Crippen LogP contribution in [0.15, 0.2) is 28.7 Å². The Kier molecular flexibility index (Phi) is 6.51. The number of amides is 1. The first-order chi connectivity index (χ1) is 9.43. The molecule has 0 spiro atoms. The summed E-state index contributed by atoms with van der Waals surface area (Å²) in [6.07, 6.45) is 0.670. The van der Waals surface area contributed by atoms with Gasteiger partial charge in [0.25, 0.3) is 5.91 Å². The number of halogens is 1. The first-order valence-corrected chi connectivity index (χ1v) is 7.13. The number of carboxylic acid groups (broad SMARTS) is 1. The number of carbonyl (C=O) groups is 2. The fourth-order valence-corrected chi connectivity index (χ4v) is 1.98. The topological polar surface area (TPSA) is 75.6 Å². The van der Waals surface area contributed by atoms with Gasteiger partial charge in [-0.05, 0) is 24.1 Å². The standard InChI is InChI=1S/C14H18BrNO4/c1-3-9(2)13(14(18)19)16-12(17)8-20-11-6-4-5-10(15)7-11/h4-7,9,13H,3,8H2,1-2H3,(H,16,17)(H,18,19)/t9-,13-/m0/s1. The zero-order chi connectivity index (χ0) is 15.1. The van der Waals surface area contributed by atoms with E-state index < -0.39 is 17.9 Å². The third kappa shape index (κ3) is 5.21. The van der Waals surface area contributed by atoms with Crippen molar-refractivity contribution in [2.45, 2.75) is 26.3 Å². The highest BCUT2D eigenvalue weighted by Crippen LogP contribution is 2.17. The molecule has 0 aromatic heterocycles. The van der Waals surface area contributed by atoms with E-state index in [0.717, 1.165) is 4.47 Å². The van der Waals surface area contributed by atoms with Crippen LogP contribution in [0.5, 0.6) is 5.75 Å². The second kappa shape index (κ2) is 7.89. The van der Waals surface area contributed by atoms with E-state index in [4.69, 9.17) is 9.84 Å². The number of aliphatic carboxylic acids is 1. The molecule has 2 N–H and O–H groups in total. The largest absolute Gasteiger partial charge is 0.484 e. The summed E-state index contributed by atoms with van der Waals surface area (Å²) in [5.41, 5.74) is 0. The summed E-state index contributed by atoms with van der Waals surface area (Å²) >= 11 is 3.30. The van der Waals surface area contributed by atoms with Crippen molar-refractivity contribution in [1.82, 2.24) is 5.32 Å². The number of benzene rings is 1. The minimum absolute atomic E-state index is 0.137. The fraction of sp³-hybridized carbons (Fsp3) is 0.429. The Labute approximate surface area is 126 Å². The molecule has 0 aliphatic heterocycles. The zero-order valence-corrected chi connectivity index (χ0v) is 13.0. The van der Waals surface area contributed by atoms with Gasteiger partial charge in [0.2, 0.25) is 0 Å². The summed E-state index contributed by atoms with van der Waals surface area (Å²) in [5, 5.41) is 11.6. The van der Waals surface area contributed by atoms with Gasteiger partial charge >= 0.3 is 5.97 Å². The highest BCUT2D eigenvalue weighted by Gasteiger charge is 2.25. The Morgan fingerprint density at radius 2 is 2.15 bits per heavy atom. The van der Waals surface area contributed by atoms with Gasteiger partial charge in [0.15, 0.2) is 6.61 Å². The molecule has 20 heavy (non-hydrogen) atoms. The monoisotopic (exact) mass is 343 g/mol. The smallest absolute Gasteiger partial charge is 0.326 e. The van der Waals surface area contributed by atoms with Gasteiger partial charge in [-0.15, -0.1) is 0 Å². The van der Waals surface area contributed by atoms with E-state index in [1.54, 1.807) is 25.1 Å². The predicted molar refractivity (Wildman–Crippen MR) is 78.7 cm³/mol. The molecule has 0 aliphatic rings. The molecule has 1 aromatic carbocycles. The highest BCUT2D eigenvalue weighted by molar-refractivity contribution is 9.10. The van der Waals surface area contributed by atoms with Crippen LogP contribution in [-0.4, -0.2) is 29.6 Å². The Morgan fingerprint density at radius 3 is 2.70 bits per heavy atom. The number of carbonyl (C=O) groups excluding carboxylic acids is 1. The van der Waals surface area contributed by atoms with E-state index in [9.17, 15) is 9.59 Å². The molecule has 0 aliphatic carbocycles. The van der Waals surface area contributed by atoms with Crippen LogP contribution in [0.3, 0.4) is 0 Å². The maximum atomic E-state index is 11.7. The molecule has 0 radical (unpaired) electrons. The summed E-state index contributed by atoms with van der Waals surface area (Å²) in [6.45, 7) is 3.45. The van der Waals surface area contributed by atoms with Crippen molar-refractivity contribution in [2.75, 3.05) is 6.61 Å². The molecule has 0 heterocycles. The molecule has 5 nitrogen and oxygen atoms in total. The lowest BCUT2D eigenvalue weighted by molar-refractivity contribution is -0.143. The van der Waals surface area contributed by atoms with E-state index in [1.807, 2.05) is 13.0 Å². The maximum absolute atomic E-state index is 11.7. The second-order valence-electron chi connectivity index (χ2n) is 4.52. The summed E-state index contributed by atoms with van der Waals surface area (Å²) in [4.78, 5) is 22.8. The van der Waals surface area contributed by atoms with E-state index in [-0.39, 0.29) is 12.5 Å². The molecule has 2 atom stereocenters. The van der Waals surface area contributed by atoms with Gasteiger partial charge in [0.05, 0.1) is 0 Å². The molecular weight excluding hydrogens is 326 g/mol. The minimum Gasteiger partial charge on any atom is -0.484 e. The molecule has 0 saturated carbocycles. The Morgan fingerprint density at radius 1 is 1.45 bits per heavy atom. The molecule has 0 unspecified atom stereocenters. The van der Waals surface area contributed by atoms with E-state index in [0.29, 0.717) is 12.2 Å². The number of ether oxygens (including phenoxy) is 1. The van der Waals surface area contributed by atoms with Crippen molar-refractivity contribution in [3.63, 3.8) is 0 Å². The van der Waals surface area contributed by atoms with Gasteiger partial charge in [-0.3, -0.25) is 4.79 Å². The predicted octanol–water partition coefficient (Wildman–Crippen LogP) is 2.44. The molecule has 1 aromatic rings. The maximum Gasteiger partial charge on any atom is 0.326 e. The summed E-state index contributed by atoms with van der Waals surface area (Å²) in [5.74, 6) is -1.07. The van der Waals surface area contributed by atoms with Gasteiger partial charge in [-0.2, -0.15) is 0 Å². The van der Waals surface area contributed by atoms with Crippen LogP contribution >= 0.6 is 15.9 Å². The van der Waals surface area contributed by atoms with Gasteiger partial charge in [-0.1, -0.05) is 42.3 Å². The number of hydrogen-bond acceptors (Lipinski definition) is 3. The first-order valence-electron chi connectivity index (χ1n) is 6.34. The van der Waals surface area contributed by atoms with E-state index in [1.165, 1.54) is 0 Å². The van der Waals surface area contributed by atoms with Crippen LogP contribution in [0, 0.1) is 5.92 Å². The lowest BCUT2D eigenvalue weighted by Gasteiger charge is -2.20. The lowest BCUT2D eigenvalue weighted by atomic mass is 9.99. The van der Waals surface area contributed by atoms with Crippen molar-refractivity contribution in [3.05, 3.63) is 28.7 Å². The van der Waals surface area contributed by atoms with Gasteiger partial charge in [-0.25, -0.2) is 4.79 Å². The van der Waals surface area contributed by atoms with Crippen LogP contribution in [0.1, 0.15) is 20.3 Å². The average Bonchev–Trinajstić information content (AvgIpc) is 2.41. The third-order valence-corrected chi connectivity index (χ3v) is 3.45. The Balaban J connectivity index is 2.52. The number of hydrogen-bond donors (Lipinski definition) is 2. The van der Waals surface area contributed by atoms with Crippen molar-refractivity contribution in [1.29, 1.82) is 0 Å². The van der Waals surface area contributed by atoms with Crippen molar-refractivity contribution in [2.24, 2.45) is 5.92 Å². The Bertz CT molecular complexity index is 478. The lowest BCUT2D eigenvalue weighted by Crippen LogP contribution is -2.46. The Hall–Kier alpha value is -1.56. The van der Waals surface area contributed by atoms with Crippen molar-refractivity contribution >= 4 is 27.8 Å². The first kappa shape index (κ1) is 16.5. The molecule has 1 amide bonds. The third-order valence-electron chi connectivity index (χ3n) is 2.96. The van der Waals surface area contributed by atoms with Crippen LogP contribution < -0.4 is 10.1 Å². The molecule has 1 rings (SSSR count). The zero-order valence-electron chi connectivity index (χ0n) is 11.4. The van der Waals surface area contributed by atoms with E-state index >= 15 is 0 Å². The van der Waals surface area contributed by atoms with Crippen LogP contribution in [0.25, 0.3) is 0 Å². The molecule has 0 fully saturated rings. The molecule has 6 heteroatoms. The molecular formula is C14H18BrNO4. The fourth-order valence-electron chi connectivity index (χ4n) is 1.60. The normalized spacial score (nSPS) is 13.3. The quantitative estimate of drug-likeness (QED) is 0.797. The summed E-state index contributed by atoms with van der Waals surface area (Å²) in [7, 11) is 0. The number of nitrogens with one attached hydrogen (secondary N) is 1. The number of carboxylic acids is 1. The molecule has 110 valence electrons.